The van der Waals surface area contributed by atoms with Crippen LogP contribution >= 0.6 is 11.6 Å². The van der Waals surface area contributed by atoms with Crippen molar-refractivity contribution < 1.29 is 23.0 Å². The lowest BCUT2D eigenvalue weighted by Crippen LogP contribution is -2.13. The number of anilines is 1. The van der Waals surface area contributed by atoms with Crippen molar-refractivity contribution in [2.24, 2.45) is 0 Å². The van der Waals surface area contributed by atoms with Gasteiger partial charge in [-0.3, -0.25) is 4.79 Å². The average Bonchev–Trinajstić information content (AvgIpc) is 2.49. The molecular weight excluding hydrogens is 318 g/mol. The van der Waals surface area contributed by atoms with Crippen molar-refractivity contribution in [3.63, 3.8) is 0 Å². The average molecular weight is 329 g/mol. The summed E-state index contributed by atoms with van der Waals surface area (Å²) in [5.41, 5.74) is 0.527. The van der Waals surface area contributed by atoms with Crippen LogP contribution in [0, 0.1) is 0 Å². The molecule has 0 unspecified atom stereocenters. The fourth-order valence-corrected chi connectivity index (χ4v) is 1.84. The lowest BCUT2D eigenvalue weighted by molar-refractivity contribution is -0.0512. The number of halogens is 3. The maximum absolute atomic E-state index is 12.2. The number of alkyl halides is 2. The Morgan fingerprint density at radius 1 is 1.32 bits per heavy atom. The smallest absolute Gasteiger partial charge is 0.387 e. The minimum absolute atomic E-state index is 0.0187. The summed E-state index contributed by atoms with van der Waals surface area (Å²) in [6.45, 7) is -2.98. The molecule has 2 aromatic rings. The second-order valence-electron chi connectivity index (χ2n) is 4.04. The van der Waals surface area contributed by atoms with Crippen LogP contribution in [-0.4, -0.2) is 24.6 Å². The molecule has 22 heavy (non-hydrogen) atoms. The number of benzene rings is 1. The van der Waals surface area contributed by atoms with Crippen molar-refractivity contribution in [3.8, 4) is 11.5 Å². The van der Waals surface area contributed by atoms with Gasteiger partial charge in [0, 0.05) is 11.8 Å². The largest absolute Gasteiger partial charge is 0.493 e. The Bertz CT molecular complexity index is 683. The van der Waals surface area contributed by atoms with Crippen LogP contribution in [0.25, 0.3) is 0 Å². The summed E-state index contributed by atoms with van der Waals surface area (Å²) in [4.78, 5) is 16.0. The minimum atomic E-state index is -2.98. The highest BCUT2D eigenvalue weighted by Crippen LogP contribution is 2.30. The van der Waals surface area contributed by atoms with E-state index < -0.39 is 12.5 Å². The molecule has 0 aliphatic rings. The molecule has 0 spiro atoms. The maximum Gasteiger partial charge on any atom is 0.387 e. The monoisotopic (exact) mass is 328 g/mol. The molecule has 2 rings (SSSR count). The van der Waals surface area contributed by atoms with Crippen LogP contribution < -0.4 is 14.8 Å². The van der Waals surface area contributed by atoms with E-state index in [9.17, 15) is 13.6 Å². The second kappa shape index (κ2) is 7.04. The summed E-state index contributed by atoms with van der Waals surface area (Å²) >= 11 is 5.84. The van der Waals surface area contributed by atoms with Gasteiger partial charge in [-0.25, -0.2) is 4.98 Å². The predicted octanol–water partition coefficient (Wildman–Crippen LogP) is 3.60. The predicted molar refractivity (Wildman–Crippen MR) is 76.8 cm³/mol. The Hall–Kier alpha value is -2.41. The molecule has 1 aromatic carbocycles. The number of nitrogens with one attached hydrogen (secondary N) is 1. The molecule has 1 N–H and O–H groups in total. The molecule has 5 nitrogen and oxygen atoms in total. The topological polar surface area (TPSA) is 60.5 Å². The normalized spacial score (nSPS) is 10.4. The number of pyridine rings is 1. The van der Waals surface area contributed by atoms with Crippen molar-refractivity contribution >= 4 is 23.2 Å². The van der Waals surface area contributed by atoms with Gasteiger partial charge in [0.1, 0.15) is 0 Å². The van der Waals surface area contributed by atoms with Crippen LogP contribution in [-0.2, 0) is 0 Å². The first-order valence-electron chi connectivity index (χ1n) is 6.06. The third kappa shape index (κ3) is 3.82. The Morgan fingerprint density at radius 2 is 2.09 bits per heavy atom. The van der Waals surface area contributed by atoms with Gasteiger partial charge in [-0.15, -0.1) is 0 Å². The van der Waals surface area contributed by atoms with Crippen LogP contribution in [0.5, 0.6) is 11.5 Å². The lowest BCUT2D eigenvalue weighted by atomic mass is 10.2. The van der Waals surface area contributed by atoms with E-state index >= 15 is 0 Å². The molecule has 0 fully saturated rings. The van der Waals surface area contributed by atoms with Crippen LogP contribution in [0.2, 0.25) is 5.15 Å². The van der Waals surface area contributed by atoms with E-state index in [4.69, 9.17) is 16.3 Å². The first-order valence-corrected chi connectivity index (χ1v) is 6.43. The zero-order valence-corrected chi connectivity index (χ0v) is 12.1. The Labute approximate surface area is 129 Å². The molecule has 0 saturated carbocycles. The number of nitrogens with zero attached hydrogens (tertiary/aromatic N) is 1. The van der Waals surface area contributed by atoms with E-state index in [1.54, 1.807) is 12.1 Å². The molecular formula is C14H11ClF2N2O3. The van der Waals surface area contributed by atoms with Crippen molar-refractivity contribution in [1.82, 2.24) is 4.98 Å². The molecule has 0 radical (unpaired) electrons. The molecule has 0 bridgehead atoms. The SMILES string of the molecule is COc1cc(C(=O)Nc2cccnc2Cl)ccc1OC(F)F. The van der Waals surface area contributed by atoms with Gasteiger partial charge < -0.3 is 14.8 Å². The highest BCUT2D eigenvalue weighted by Gasteiger charge is 2.15. The van der Waals surface area contributed by atoms with Gasteiger partial charge in [0.25, 0.3) is 5.91 Å². The zero-order chi connectivity index (χ0) is 16.1. The van der Waals surface area contributed by atoms with Gasteiger partial charge in [0.2, 0.25) is 0 Å². The van der Waals surface area contributed by atoms with Crippen molar-refractivity contribution in [2.75, 3.05) is 12.4 Å². The third-order valence-corrected chi connectivity index (χ3v) is 2.95. The van der Waals surface area contributed by atoms with Gasteiger partial charge >= 0.3 is 6.61 Å². The number of carbonyl (C=O) groups excluding carboxylic acids is 1. The van der Waals surface area contributed by atoms with Crippen LogP contribution in [0.3, 0.4) is 0 Å². The zero-order valence-electron chi connectivity index (χ0n) is 11.3. The molecule has 0 atom stereocenters. The first-order chi connectivity index (χ1) is 10.5. The van der Waals surface area contributed by atoms with Gasteiger partial charge in [0.15, 0.2) is 16.7 Å². The Morgan fingerprint density at radius 3 is 2.73 bits per heavy atom. The maximum atomic E-state index is 12.2. The van der Waals surface area contributed by atoms with Gasteiger partial charge in [-0.1, -0.05) is 11.6 Å². The molecule has 0 aliphatic heterocycles. The number of aromatic nitrogens is 1. The van der Waals surface area contributed by atoms with E-state index in [0.29, 0.717) is 5.69 Å². The molecule has 1 amide bonds. The molecule has 0 saturated heterocycles. The summed E-state index contributed by atoms with van der Waals surface area (Å²) in [6, 6.07) is 7.04. The van der Waals surface area contributed by atoms with Gasteiger partial charge in [-0.05, 0) is 30.3 Å². The summed E-state index contributed by atoms with van der Waals surface area (Å²) in [7, 11) is 1.29. The lowest BCUT2D eigenvalue weighted by Gasteiger charge is -2.11. The fourth-order valence-electron chi connectivity index (χ4n) is 1.68. The number of methoxy groups -OCH3 is 1. The number of carbonyl (C=O) groups is 1. The third-order valence-electron chi connectivity index (χ3n) is 2.65. The van der Waals surface area contributed by atoms with Crippen molar-refractivity contribution in [1.29, 1.82) is 0 Å². The number of hydrogen-bond donors (Lipinski definition) is 1. The van der Waals surface area contributed by atoms with E-state index in [2.05, 4.69) is 15.0 Å². The standard InChI is InChI=1S/C14H11ClF2N2O3/c1-21-11-7-8(4-5-10(11)22-14(16)17)13(20)19-9-3-2-6-18-12(9)15/h2-7,14H,1H3,(H,19,20). The summed E-state index contributed by atoms with van der Waals surface area (Å²) < 4.78 is 33.7. The highest BCUT2D eigenvalue weighted by molar-refractivity contribution is 6.32. The summed E-state index contributed by atoms with van der Waals surface area (Å²) in [5, 5.41) is 2.70. The Balaban J connectivity index is 2.21. The molecule has 0 aliphatic carbocycles. The van der Waals surface area contributed by atoms with E-state index in [1.807, 2.05) is 0 Å². The van der Waals surface area contributed by atoms with Crippen LogP contribution in [0.15, 0.2) is 36.5 Å². The van der Waals surface area contributed by atoms with E-state index in [0.717, 1.165) is 0 Å². The van der Waals surface area contributed by atoms with Crippen molar-refractivity contribution in [3.05, 3.63) is 47.2 Å². The molecule has 8 heteroatoms. The number of ether oxygens (including phenoxy) is 2. The number of amides is 1. The van der Waals surface area contributed by atoms with E-state index in [-0.39, 0.29) is 22.2 Å². The van der Waals surface area contributed by atoms with Crippen LogP contribution in [0.1, 0.15) is 10.4 Å². The Kier molecular flexibility index (Phi) is 5.11. The summed E-state index contributed by atoms with van der Waals surface area (Å²) in [5.74, 6) is -0.629. The molecule has 1 heterocycles. The highest BCUT2D eigenvalue weighted by atomic mass is 35.5. The van der Waals surface area contributed by atoms with Crippen LogP contribution in [0.4, 0.5) is 14.5 Å². The molecule has 116 valence electrons. The fraction of sp³-hybridized carbons (Fsp3) is 0.143. The molecule has 1 aromatic heterocycles. The van der Waals surface area contributed by atoms with Crippen molar-refractivity contribution in [2.45, 2.75) is 6.61 Å². The number of hydrogen-bond acceptors (Lipinski definition) is 4. The summed E-state index contributed by atoms with van der Waals surface area (Å²) in [6.07, 6.45) is 1.48. The first kappa shape index (κ1) is 16.0. The minimum Gasteiger partial charge on any atom is -0.493 e. The quantitative estimate of drug-likeness (QED) is 0.852. The van der Waals surface area contributed by atoms with Gasteiger partial charge in [-0.2, -0.15) is 8.78 Å². The second-order valence-corrected chi connectivity index (χ2v) is 4.40. The van der Waals surface area contributed by atoms with E-state index in [1.165, 1.54) is 31.5 Å². The van der Waals surface area contributed by atoms with Gasteiger partial charge in [0.05, 0.1) is 12.8 Å². The number of rotatable bonds is 5.